The third-order valence-electron chi connectivity index (χ3n) is 1.21. The highest BCUT2D eigenvalue weighted by atomic mass is 19.1. The summed E-state index contributed by atoms with van der Waals surface area (Å²) in [5, 5.41) is 0. The molecule has 0 spiro atoms. The van der Waals surface area contributed by atoms with Gasteiger partial charge in [-0.1, -0.05) is 6.92 Å². The van der Waals surface area contributed by atoms with Gasteiger partial charge >= 0.3 is 0 Å². The fraction of sp³-hybridized carbons (Fsp3) is 0.857. The predicted molar refractivity (Wildman–Crippen MR) is 34.7 cm³/mol. The minimum absolute atomic E-state index is 0.312. The zero-order chi connectivity index (χ0) is 7.11. The van der Waals surface area contributed by atoms with E-state index in [1.807, 2.05) is 0 Å². The Bertz CT molecular complexity index is 54.9. The second-order valence-electron chi connectivity index (χ2n) is 2.07. The Labute approximate surface area is 55.3 Å². The number of hydrogen-bond acceptors (Lipinski definition) is 0. The molecule has 0 nitrogen and oxygen atoms in total. The van der Waals surface area contributed by atoms with Gasteiger partial charge in [-0.25, -0.2) is 4.39 Å². The van der Waals surface area contributed by atoms with Crippen LogP contribution in [0.1, 0.15) is 25.7 Å². The average Bonchev–Trinajstić information content (AvgIpc) is 1.89. The Hall–Kier alpha value is -0.140. The van der Waals surface area contributed by atoms with Crippen molar-refractivity contribution in [3.63, 3.8) is 0 Å². The molecular weight excluding hydrogens is 122 g/mol. The molecule has 0 rings (SSSR count). The molecule has 0 saturated heterocycles. The van der Waals surface area contributed by atoms with Gasteiger partial charge in [-0.15, -0.1) is 0 Å². The van der Waals surface area contributed by atoms with Crippen molar-refractivity contribution < 1.29 is 8.78 Å². The zero-order valence-corrected chi connectivity index (χ0v) is 5.58. The molecule has 0 aromatic carbocycles. The van der Waals surface area contributed by atoms with Gasteiger partial charge in [-0.05, 0) is 25.7 Å². The molecule has 0 N–H and O–H groups in total. The molecule has 0 aromatic heterocycles. The minimum Gasteiger partial charge on any atom is -0.251 e. The van der Waals surface area contributed by atoms with Crippen molar-refractivity contribution >= 4 is 0 Å². The summed E-state index contributed by atoms with van der Waals surface area (Å²) >= 11 is 0. The Morgan fingerprint density at radius 1 is 1.33 bits per heavy atom. The van der Waals surface area contributed by atoms with Crippen LogP contribution in [-0.2, 0) is 0 Å². The quantitative estimate of drug-likeness (QED) is 0.508. The van der Waals surface area contributed by atoms with E-state index in [-0.39, 0.29) is 6.67 Å². The number of unbranched alkanes of at least 4 members (excludes halogenated alkanes) is 1. The fourth-order valence-electron chi connectivity index (χ4n) is 0.605. The summed E-state index contributed by atoms with van der Waals surface area (Å²) in [5.74, 6) is 0. The molecular formula is C7H13F2. The highest BCUT2D eigenvalue weighted by Crippen LogP contribution is 2.07. The first-order valence-corrected chi connectivity index (χ1v) is 3.30. The highest BCUT2D eigenvalue weighted by Gasteiger charge is 2.00. The van der Waals surface area contributed by atoms with E-state index in [1.54, 1.807) is 0 Å². The monoisotopic (exact) mass is 135 g/mol. The molecule has 0 unspecified atom stereocenters. The largest absolute Gasteiger partial charge is 0.251 e. The molecule has 1 atom stereocenters. The van der Waals surface area contributed by atoms with E-state index in [4.69, 9.17) is 0 Å². The van der Waals surface area contributed by atoms with Gasteiger partial charge in [-0.3, -0.25) is 4.39 Å². The van der Waals surface area contributed by atoms with E-state index < -0.39 is 6.17 Å². The first-order chi connectivity index (χ1) is 4.31. The third-order valence-corrected chi connectivity index (χ3v) is 1.21. The second-order valence-corrected chi connectivity index (χ2v) is 2.07. The molecule has 0 aliphatic rings. The van der Waals surface area contributed by atoms with Crippen molar-refractivity contribution in [2.75, 3.05) is 6.67 Å². The summed E-state index contributed by atoms with van der Waals surface area (Å²) in [4.78, 5) is 0. The third kappa shape index (κ3) is 5.74. The van der Waals surface area contributed by atoms with Crippen molar-refractivity contribution in [3.8, 4) is 0 Å². The maximum Gasteiger partial charge on any atom is 0.100 e. The normalized spacial score (nSPS) is 13.7. The molecule has 0 aromatic rings. The Morgan fingerprint density at radius 3 is 2.44 bits per heavy atom. The average molecular weight is 135 g/mol. The van der Waals surface area contributed by atoms with Crippen LogP contribution in [-0.4, -0.2) is 12.8 Å². The summed E-state index contributed by atoms with van der Waals surface area (Å²) in [6.45, 7) is 3.07. The molecule has 0 aliphatic heterocycles. The van der Waals surface area contributed by atoms with Gasteiger partial charge < -0.3 is 0 Å². The standard InChI is InChI=1S/C7H13F2/c1-2-7(9)5-3-4-6-8/h7H,1-6H2/t7-/m0/s1. The van der Waals surface area contributed by atoms with Crippen LogP contribution in [0.15, 0.2) is 0 Å². The summed E-state index contributed by atoms with van der Waals surface area (Å²) in [7, 11) is 0. The lowest BCUT2D eigenvalue weighted by atomic mass is 10.1. The van der Waals surface area contributed by atoms with Gasteiger partial charge in [0.05, 0.1) is 6.67 Å². The molecule has 0 bridgehead atoms. The topological polar surface area (TPSA) is 0 Å². The minimum atomic E-state index is -0.823. The van der Waals surface area contributed by atoms with Crippen LogP contribution in [0.5, 0.6) is 0 Å². The van der Waals surface area contributed by atoms with Crippen molar-refractivity contribution in [1.82, 2.24) is 0 Å². The summed E-state index contributed by atoms with van der Waals surface area (Å²) < 4.78 is 23.7. The van der Waals surface area contributed by atoms with Crippen molar-refractivity contribution in [2.24, 2.45) is 0 Å². The van der Waals surface area contributed by atoms with E-state index in [1.165, 1.54) is 0 Å². The summed E-state index contributed by atoms with van der Waals surface area (Å²) in [6.07, 6.45) is 1.09. The molecule has 55 valence electrons. The number of halogens is 2. The Balaban J connectivity index is 2.88. The van der Waals surface area contributed by atoms with E-state index in [0.29, 0.717) is 25.7 Å². The lowest BCUT2D eigenvalue weighted by Gasteiger charge is -2.01. The van der Waals surface area contributed by atoms with Gasteiger partial charge in [0.1, 0.15) is 6.17 Å². The van der Waals surface area contributed by atoms with Crippen LogP contribution in [0.4, 0.5) is 8.78 Å². The molecule has 1 radical (unpaired) electrons. The second kappa shape index (κ2) is 5.99. The Kier molecular flexibility index (Phi) is 5.89. The lowest BCUT2D eigenvalue weighted by molar-refractivity contribution is 0.301. The molecule has 2 heteroatoms. The van der Waals surface area contributed by atoms with E-state index in [2.05, 4.69) is 6.92 Å². The van der Waals surface area contributed by atoms with E-state index >= 15 is 0 Å². The van der Waals surface area contributed by atoms with E-state index in [0.717, 1.165) is 0 Å². The predicted octanol–water partition coefficient (Wildman–Crippen LogP) is 2.69. The summed E-state index contributed by atoms with van der Waals surface area (Å²) in [6, 6.07) is 0. The Morgan fingerprint density at radius 2 is 2.00 bits per heavy atom. The van der Waals surface area contributed by atoms with Gasteiger partial charge in [0, 0.05) is 0 Å². The van der Waals surface area contributed by atoms with Crippen LogP contribution in [0, 0.1) is 6.92 Å². The van der Waals surface area contributed by atoms with Gasteiger partial charge in [-0.2, -0.15) is 0 Å². The van der Waals surface area contributed by atoms with Gasteiger partial charge in [0.2, 0.25) is 0 Å². The van der Waals surface area contributed by atoms with Crippen LogP contribution < -0.4 is 0 Å². The van der Waals surface area contributed by atoms with Crippen molar-refractivity contribution in [3.05, 3.63) is 6.92 Å². The molecule has 0 fully saturated rings. The zero-order valence-electron chi connectivity index (χ0n) is 5.58. The lowest BCUT2D eigenvalue weighted by Crippen LogP contribution is -1.96. The molecule has 0 saturated carbocycles. The van der Waals surface area contributed by atoms with E-state index in [9.17, 15) is 8.78 Å². The highest BCUT2D eigenvalue weighted by molar-refractivity contribution is 4.56. The smallest absolute Gasteiger partial charge is 0.100 e. The molecule has 0 amide bonds. The van der Waals surface area contributed by atoms with Gasteiger partial charge in [0.15, 0.2) is 0 Å². The van der Waals surface area contributed by atoms with Crippen molar-refractivity contribution in [2.45, 2.75) is 31.9 Å². The summed E-state index contributed by atoms with van der Waals surface area (Å²) in [5.41, 5.74) is 0. The van der Waals surface area contributed by atoms with Crippen molar-refractivity contribution in [1.29, 1.82) is 0 Å². The first kappa shape index (κ1) is 8.86. The first-order valence-electron chi connectivity index (χ1n) is 3.30. The molecule has 0 heterocycles. The van der Waals surface area contributed by atoms with Crippen LogP contribution in [0.25, 0.3) is 0 Å². The number of alkyl halides is 2. The van der Waals surface area contributed by atoms with Crippen LogP contribution in [0.2, 0.25) is 0 Å². The van der Waals surface area contributed by atoms with Crippen LogP contribution in [0.3, 0.4) is 0 Å². The maximum atomic E-state index is 12.3. The van der Waals surface area contributed by atoms with Crippen LogP contribution >= 0.6 is 0 Å². The van der Waals surface area contributed by atoms with Gasteiger partial charge in [0.25, 0.3) is 0 Å². The molecule has 0 aliphatic carbocycles. The molecule has 9 heavy (non-hydrogen) atoms. The number of hydrogen-bond donors (Lipinski definition) is 0. The SMILES string of the molecule is [CH2]C[C@H](F)CCCCF. The maximum absolute atomic E-state index is 12.3. The number of rotatable bonds is 5. The fourth-order valence-corrected chi connectivity index (χ4v) is 0.605.